The topological polar surface area (TPSA) is 17.1 Å². The predicted octanol–water partition coefficient (Wildman–Crippen LogP) is 3.10. The van der Waals surface area contributed by atoms with Crippen molar-refractivity contribution in [3.05, 3.63) is 30.3 Å². The van der Waals surface area contributed by atoms with Gasteiger partial charge in [-0.25, -0.2) is 0 Å². The zero-order valence-corrected chi connectivity index (χ0v) is 9.92. The SMILES string of the molecule is CC1CP(=O)(c2ccccc2)C1(C)C. The van der Waals surface area contributed by atoms with E-state index in [-0.39, 0.29) is 5.16 Å². The lowest BCUT2D eigenvalue weighted by Crippen LogP contribution is -2.47. The number of hydrogen-bond donors (Lipinski definition) is 0. The lowest BCUT2D eigenvalue weighted by Gasteiger charge is -2.50. The third-order valence-corrected chi connectivity index (χ3v) is 8.34. The highest BCUT2D eigenvalue weighted by atomic mass is 31.2. The van der Waals surface area contributed by atoms with Crippen LogP contribution in [-0.2, 0) is 4.57 Å². The molecule has 0 N–H and O–H groups in total. The molecular weight excluding hydrogens is 191 g/mol. The van der Waals surface area contributed by atoms with Crippen LogP contribution in [0.5, 0.6) is 0 Å². The van der Waals surface area contributed by atoms with E-state index < -0.39 is 7.14 Å². The lowest BCUT2D eigenvalue weighted by atomic mass is 9.97. The summed E-state index contributed by atoms with van der Waals surface area (Å²) in [6.45, 7) is 6.46. The van der Waals surface area contributed by atoms with Gasteiger partial charge >= 0.3 is 0 Å². The summed E-state index contributed by atoms with van der Waals surface area (Å²) in [5.41, 5.74) is 0. The molecule has 76 valence electrons. The van der Waals surface area contributed by atoms with Crippen molar-refractivity contribution < 1.29 is 4.57 Å². The summed E-state index contributed by atoms with van der Waals surface area (Å²) in [6.07, 6.45) is 0.879. The molecule has 1 fully saturated rings. The number of rotatable bonds is 1. The highest BCUT2D eigenvalue weighted by Crippen LogP contribution is 2.70. The van der Waals surface area contributed by atoms with Crippen LogP contribution in [0.4, 0.5) is 0 Å². The summed E-state index contributed by atoms with van der Waals surface area (Å²) in [5, 5.41) is 1.05. The summed E-state index contributed by atoms with van der Waals surface area (Å²) in [7, 11) is -2.10. The molecule has 14 heavy (non-hydrogen) atoms. The van der Waals surface area contributed by atoms with E-state index in [1.165, 1.54) is 0 Å². The summed E-state index contributed by atoms with van der Waals surface area (Å²) in [4.78, 5) is 0. The molecule has 1 saturated heterocycles. The Kier molecular flexibility index (Phi) is 2.12. The van der Waals surface area contributed by atoms with Gasteiger partial charge in [-0.3, -0.25) is 0 Å². The Morgan fingerprint density at radius 3 is 2.29 bits per heavy atom. The first-order chi connectivity index (χ1) is 6.48. The minimum Gasteiger partial charge on any atom is -0.318 e. The smallest absolute Gasteiger partial charge is 0.121 e. The van der Waals surface area contributed by atoms with Crippen molar-refractivity contribution in [2.75, 3.05) is 6.16 Å². The normalized spacial score (nSPS) is 34.9. The molecule has 2 heteroatoms. The molecule has 0 aromatic heterocycles. The molecule has 0 spiro atoms. The average molecular weight is 208 g/mol. The third kappa shape index (κ3) is 1.12. The second-order valence-corrected chi connectivity index (χ2v) is 8.33. The van der Waals surface area contributed by atoms with Gasteiger partial charge in [-0.2, -0.15) is 0 Å². The van der Waals surface area contributed by atoms with E-state index in [4.69, 9.17) is 0 Å². The maximum Gasteiger partial charge on any atom is 0.121 e. The maximum atomic E-state index is 12.7. The van der Waals surface area contributed by atoms with Crippen molar-refractivity contribution in [1.29, 1.82) is 0 Å². The second-order valence-electron chi connectivity index (χ2n) is 4.81. The van der Waals surface area contributed by atoms with Gasteiger partial charge in [0.2, 0.25) is 0 Å². The molecule has 1 aliphatic rings. The summed E-state index contributed by atoms with van der Waals surface area (Å²) >= 11 is 0. The Morgan fingerprint density at radius 2 is 1.86 bits per heavy atom. The van der Waals surface area contributed by atoms with Crippen molar-refractivity contribution >= 4 is 12.4 Å². The van der Waals surface area contributed by atoms with E-state index in [0.717, 1.165) is 11.5 Å². The first kappa shape index (κ1) is 9.98. The number of benzene rings is 1. The Bertz CT molecular complexity index is 381. The molecule has 0 radical (unpaired) electrons. The van der Waals surface area contributed by atoms with Gasteiger partial charge < -0.3 is 4.57 Å². The van der Waals surface area contributed by atoms with Crippen molar-refractivity contribution in [3.63, 3.8) is 0 Å². The van der Waals surface area contributed by atoms with Crippen molar-refractivity contribution in [1.82, 2.24) is 0 Å². The molecule has 1 aromatic carbocycles. The minimum absolute atomic E-state index is 0.00560. The van der Waals surface area contributed by atoms with Gasteiger partial charge in [0.15, 0.2) is 0 Å². The molecule has 2 unspecified atom stereocenters. The lowest BCUT2D eigenvalue weighted by molar-refractivity contribution is 0.403. The maximum absolute atomic E-state index is 12.7. The molecule has 2 atom stereocenters. The Balaban J connectivity index is 2.42. The Morgan fingerprint density at radius 1 is 1.29 bits per heavy atom. The molecular formula is C12H17OP. The highest BCUT2D eigenvalue weighted by Gasteiger charge is 2.55. The molecule has 1 nitrogen and oxygen atoms in total. The minimum atomic E-state index is -2.10. The fourth-order valence-electron chi connectivity index (χ4n) is 2.19. The van der Waals surface area contributed by atoms with Crippen molar-refractivity contribution in [2.45, 2.75) is 25.9 Å². The molecule has 1 aromatic rings. The van der Waals surface area contributed by atoms with Gasteiger partial charge in [-0.1, -0.05) is 51.1 Å². The van der Waals surface area contributed by atoms with Crippen LogP contribution in [0.1, 0.15) is 20.8 Å². The Hall–Kier alpha value is -0.550. The average Bonchev–Trinajstić information content (AvgIpc) is 2.19. The molecule has 1 aliphatic heterocycles. The van der Waals surface area contributed by atoms with Crippen LogP contribution >= 0.6 is 7.14 Å². The standard InChI is InChI=1S/C12H17OP/c1-10-9-14(13,12(10,2)3)11-7-5-4-6-8-11/h4-8,10H,9H2,1-3H3. The summed E-state index contributed by atoms with van der Waals surface area (Å²) < 4.78 is 12.7. The van der Waals surface area contributed by atoms with Crippen LogP contribution in [0.2, 0.25) is 0 Å². The molecule has 0 bridgehead atoms. The van der Waals surface area contributed by atoms with Crippen molar-refractivity contribution in [2.24, 2.45) is 5.92 Å². The van der Waals surface area contributed by atoms with Gasteiger partial charge in [-0.05, 0) is 5.92 Å². The van der Waals surface area contributed by atoms with E-state index in [0.29, 0.717) is 5.92 Å². The first-order valence-corrected chi connectivity index (χ1v) is 7.02. The largest absolute Gasteiger partial charge is 0.318 e. The fraction of sp³-hybridized carbons (Fsp3) is 0.500. The van der Waals surface area contributed by atoms with E-state index in [1.54, 1.807) is 0 Å². The van der Waals surface area contributed by atoms with Gasteiger partial charge in [-0.15, -0.1) is 0 Å². The zero-order chi connectivity index (χ0) is 10.4. The predicted molar refractivity (Wildman–Crippen MR) is 61.8 cm³/mol. The molecule has 2 rings (SSSR count). The summed E-state index contributed by atoms with van der Waals surface area (Å²) in [5.74, 6) is 0.577. The van der Waals surface area contributed by atoms with Crippen LogP contribution in [0.25, 0.3) is 0 Å². The van der Waals surface area contributed by atoms with Gasteiger partial charge in [0.1, 0.15) is 7.14 Å². The van der Waals surface area contributed by atoms with E-state index in [2.05, 4.69) is 20.8 Å². The molecule has 0 saturated carbocycles. The molecule has 0 amide bonds. The van der Waals surface area contributed by atoms with Gasteiger partial charge in [0, 0.05) is 16.6 Å². The van der Waals surface area contributed by atoms with Gasteiger partial charge in [0.25, 0.3) is 0 Å². The fourth-order valence-corrected chi connectivity index (χ4v) is 5.90. The third-order valence-electron chi connectivity index (χ3n) is 3.84. The summed E-state index contributed by atoms with van der Waals surface area (Å²) in [6, 6.07) is 9.96. The van der Waals surface area contributed by atoms with Crippen LogP contribution < -0.4 is 5.30 Å². The first-order valence-electron chi connectivity index (χ1n) is 5.13. The molecule has 1 heterocycles. The zero-order valence-electron chi connectivity index (χ0n) is 9.03. The van der Waals surface area contributed by atoms with Crippen molar-refractivity contribution in [3.8, 4) is 0 Å². The number of hydrogen-bond acceptors (Lipinski definition) is 1. The molecule has 0 aliphatic carbocycles. The van der Waals surface area contributed by atoms with E-state index in [9.17, 15) is 4.57 Å². The van der Waals surface area contributed by atoms with Crippen LogP contribution in [0.15, 0.2) is 30.3 Å². The van der Waals surface area contributed by atoms with Crippen LogP contribution in [0.3, 0.4) is 0 Å². The monoisotopic (exact) mass is 208 g/mol. The Labute approximate surface area is 85.9 Å². The van der Waals surface area contributed by atoms with E-state index >= 15 is 0 Å². The van der Waals surface area contributed by atoms with Crippen LogP contribution in [-0.4, -0.2) is 11.3 Å². The second kappa shape index (κ2) is 2.97. The highest BCUT2D eigenvalue weighted by molar-refractivity contribution is 7.74. The van der Waals surface area contributed by atoms with Gasteiger partial charge in [0.05, 0.1) is 0 Å². The quantitative estimate of drug-likeness (QED) is 0.648. The van der Waals surface area contributed by atoms with E-state index in [1.807, 2.05) is 30.3 Å². The van der Waals surface area contributed by atoms with Crippen LogP contribution in [0, 0.1) is 5.92 Å².